The average Bonchev–Trinajstić information content (AvgIpc) is 2.74. The molecule has 6 heteroatoms. The summed E-state index contributed by atoms with van der Waals surface area (Å²) < 4.78 is 2.26. The fraction of sp³-hybridized carbons (Fsp3) is 0.786. The molecule has 1 aromatic rings. The molecule has 0 spiro atoms. The van der Waals surface area contributed by atoms with Gasteiger partial charge in [0.05, 0.1) is 6.54 Å². The largest absolute Gasteiger partial charge is 0.355 e. The van der Waals surface area contributed by atoms with Crippen molar-refractivity contribution in [3.63, 3.8) is 0 Å². The lowest BCUT2D eigenvalue weighted by atomic mass is 9.98. The molecule has 2 aliphatic heterocycles. The lowest BCUT2D eigenvalue weighted by Gasteiger charge is -2.35. The first-order valence-electron chi connectivity index (χ1n) is 7.49. The number of aryl methyl sites for hydroxylation is 1. The fourth-order valence-electron chi connectivity index (χ4n) is 3.15. The van der Waals surface area contributed by atoms with Crippen molar-refractivity contribution in [3.8, 4) is 0 Å². The summed E-state index contributed by atoms with van der Waals surface area (Å²) in [7, 11) is 0. The molecule has 1 amide bonds. The molecule has 0 radical (unpaired) electrons. The van der Waals surface area contributed by atoms with E-state index >= 15 is 0 Å². The molecule has 0 aromatic carbocycles. The Balaban J connectivity index is 1.79. The molecule has 0 saturated carbocycles. The van der Waals surface area contributed by atoms with Crippen molar-refractivity contribution >= 4 is 5.91 Å². The Morgan fingerprint density at radius 3 is 2.95 bits per heavy atom. The van der Waals surface area contributed by atoms with Crippen molar-refractivity contribution in [2.24, 2.45) is 0 Å². The van der Waals surface area contributed by atoms with E-state index in [-0.39, 0.29) is 11.4 Å². The molecular formula is C14H23N5O. The molecule has 1 fully saturated rings. The van der Waals surface area contributed by atoms with E-state index in [4.69, 9.17) is 0 Å². The van der Waals surface area contributed by atoms with Gasteiger partial charge in [-0.3, -0.25) is 9.69 Å². The Hall–Kier alpha value is -1.43. The van der Waals surface area contributed by atoms with Crippen LogP contribution in [0.15, 0.2) is 0 Å². The second-order valence-electron chi connectivity index (χ2n) is 6.40. The lowest BCUT2D eigenvalue weighted by molar-refractivity contribution is -0.122. The van der Waals surface area contributed by atoms with Crippen LogP contribution in [0.25, 0.3) is 0 Å². The molecule has 3 heterocycles. The fourth-order valence-corrected chi connectivity index (χ4v) is 3.15. The van der Waals surface area contributed by atoms with Gasteiger partial charge in [0, 0.05) is 38.0 Å². The lowest BCUT2D eigenvalue weighted by Crippen LogP contribution is -2.44. The van der Waals surface area contributed by atoms with Crippen molar-refractivity contribution < 1.29 is 4.79 Å². The van der Waals surface area contributed by atoms with Gasteiger partial charge in [0.1, 0.15) is 11.6 Å². The zero-order valence-electron chi connectivity index (χ0n) is 12.4. The number of carbonyl (C=O) groups is 1. The van der Waals surface area contributed by atoms with Crippen LogP contribution < -0.4 is 5.32 Å². The smallest absolute Gasteiger partial charge is 0.221 e. The number of fused-ring (bicyclic) bond motifs is 1. The number of amides is 1. The summed E-state index contributed by atoms with van der Waals surface area (Å²) in [6, 6.07) is 0. The Labute approximate surface area is 119 Å². The monoisotopic (exact) mass is 277 g/mol. The Morgan fingerprint density at radius 2 is 2.10 bits per heavy atom. The Morgan fingerprint density at radius 1 is 1.25 bits per heavy atom. The molecule has 0 unspecified atom stereocenters. The normalized spacial score (nSPS) is 23.0. The zero-order valence-corrected chi connectivity index (χ0v) is 12.4. The molecule has 20 heavy (non-hydrogen) atoms. The van der Waals surface area contributed by atoms with Crippen LogP contribution >= 0.6 is 0 Å². The van der Waals surface area contributed by atoms with Gasteiger partial charge in [-0.15, -0.1) is 10.2 Å². The molecule has 110 valence electrons. The van der Waals surface area contributed by atoms with Crippen molar-refractivity contribution in [3.05, 3.63) is 11.6 Å². The maximum atomic E-state index is 11.7. The number of carbonyl (C=O) groups excluding carboxylic acids is 1. The maximum absolute atomic E-state index is 11.7. The second-order valence-corrected chi connectivity index (χ2v) is 6.40. The summed E-state index contributed by atoms with van der Waals surface area (Å²) in [5.41, 5.74) is -0.137. The van der Waals surface area contributed by atoms with E-state index < -0.39 is 0 Å². The van der Waals surface area contributed by atoms with Gasteiger partial charge in [-0.2, -0.15) is 0 Å². The van der Waals surface area contributed by atoms with Gasteiger partial charge in [-0.05, 0) is 26.7 Å². The zero-order chi connectivity index (χ0) is 14.2. The summed E-state index contributed by atoms with van der Waals surface area (Å²) in [4.78, 5) is 14.1. The number of aromatic nitrogens is 3. The quantitative estimate of drug-likeness (QED) is 0.865. The SMILES string of the molecule is CC1(C)CC(=O)NCCN1Cc1nnc2n1CCCC2. The van der Waals surface area contributed by atoms with Crippen LogP contribution in [0.5, 0.6) is 0 Å². The highest BCUT2D eigenvalue weighted by Gasteiger charge is 2.33. The van der Waals surface area contributed by atoms with Gasteiger partial charge in [0.15, 0.2) is 0 Å². The predicted octanol–water partition coefficient (Wildman–Crippen LogP) is 0.715. The van der Waals surface area contributed by atoms with E-state index in [2.05, 4.69) is 38.8 Å². The van der Waals surface area contributed by atoms with Crippen molar-refractivity contribution in [2.45, 2.75) is 58.2 Å². The Bertz CT molecular complexity index is 508. The van der Waals surface area contributed by atoms with Crippen LogP contribution in [-0.4, -0.2) is 44.2 Å². The van der Waals surface area contributed by atoms with E-state index in [0.717, 1.165) is 37.7 Å². The predicted molar refractivity (Wildman–Crippen MR) is 75.1 cm³/mol. The molecule has 6 nitrogen and oxygen atoms in total. The first-order chi connectivity index (χ1) is 9.56. The van der Waals surface area contributed by atoms with Gasteiger partial charge in [-0.1, -0.05) is 0 Å². The van der Waals surface area contributed by atoms with Gasteiger partial charge >= 0.3 is 0 Å². The number of nitrogens with one attached hydrogen (secondary N) is 1. The second kappa shape index (κ2) is 5.16. The first kappa shape index (κ1) is 13.5. The highest BCUT2D eigenvalue weighted by molar-refractivity contribution is 5.77. The summed E-state index contributed by atoms with van der Waals surface area (Å²) in [5.74, 6) is 2.30. The van der Waals surface area contributed by atoms with E-state index in [1.807, 2.05) is 0 Å². The summed E-state index contributed by atoms with van der Waals surface area (Å²) >= 11 is 0. The van der Waals surface area contributed by atoms with Gasteiger partial charge in [0.2, 0.25) is 5.91 Å². The number of hydrogen-bond donors (Lipinski definition) is 1. The van der Waals surface area contributed by atoms with Crippen molar-refractivity contribution in [1.29, 1.82) is 0 Å². The molecule has 1 N–H and O–H groups in total. The molecule has 0 bridgehead atoms. The third kappa shape index (κ3) is 2.57. The third-order valence-corrected chi connectivity index (χ3v) is 4.42. The topological polar surface area (TPSA) is 63.1 Å². The molecular weight excluding hydrogens is 254 g/mol. The molecule has 1 aromatic heterocycles. The standard InChI is InChI=1S/C14H23N5O/c1-14(2)9-13(20)15-6-8-18(14)10-12-17-16-11-5-3-4-7-19(11)12/h3-10H2,1-2H3,(H,15,20). The van der Waals surface area contributed by atoms with Crippen LogP contribution in [0.4, 0.5) is 0 Å². The van der Waals surface area contributed by atoms with Crippen molar-refractivity contribution in [2.75, 3.05) is 13.1 Å². The van der Waals surface area contributed by atoms with Crippen LogP contribution in [0.3, 0.4) is 0 Å². The minimum atomic E-state index is -0.137. The third-order valence-electron chi connectivity index (χ3n) is 4.42. The minimum absolute atomic E-state index is 0.137. The minimum Gasteiger partial charge on any atom is -0.355 e. The van der Waals surface area contributed by atoms with Gasteiger partial charge < -0.3 is 9.88 Å². The van der Waals surface area contributed by atoms with Crippen LogP contribution in [0.2, 0.25) is 0 Å². The molecule has 1 saturated heterocycles. The summed E-state index contributed by atoms with van der Waals surface area (Å²) in [6.45, 7) is 7.64. The van der Waals surface area contributed by atoms with Crippen LogP contribution in [0, 0.1) is 0 Å². The van der Waals surface area contributed by atoms with Crippen LogP contribution in [-0.2, 0) is 24.3 Å². The first-order valence-corrected chi connectivity index (χ1v) is 7.49. The highest BCUT2D eigenvalue weighted by Crippen LogP contribution is 2.23. The summed E-state index contributed by atoms with van der Waals surface area (Å²) in [5, 5.41) is 11.6. The number of nitrogens with zero attached hydrogens (tertiary/aromatic N) is 4. The number of rotatable bonds is 2. The molecule has 0 aliphatic carbocycles. The van der Waals surface area contributed by atoms with Crippen LogP contribution in [0.1, 0.15) is 44.8 Å². The summed E-state index contributed by atoms with van der Waals surface area (Å²) in [6.07, 6.45) is 4.00. The van der Waals surface area contributed by atoms with E-state index in [1.54, 1.807) is 0 Å². The van der Waals surface area contributed by atoms with E-state index in [1.165, 1.54) is 12.8 Å². The van der Waals surface area contributed by atoms with E-state index in [0.29, 0.717) is 13.0 Å². The molecule has 0 atom stereocenters. The molecule has 2 aliphatic rings. The molecule has 3 rings (SSSR count). The van der Waals surface area contributed by atoms with Gasteiger partial charge in [-0.25, -0.2) is 0 Å². The Kier molecular flexibility index (Phi) is 3.50. The van der Waals surface area contributed by atoms with Crippen molar-refractivity contribution in [1.82, 2.24) is 25.0 Å². The maximum Gasteiger partial charge on any atom is 0.221 e. The van der Waals surface area contributed by atoms with Gasteiger partial charge in [0.25, 0.3) is 0 Å². The van der Waals surface area contributed by atoms with E-state index in [9.17, 15) is 4.79 Å². The average molecular weight is 277 g/mol. The highest BCUT2D eigenvalue weighted by atomic mass is 16.1. The number of hydrogen-bond acceptors (Lipinski definition) is 4.